The summed E-state index contributed by atoms with van der Waals surface area (Å²) in [7, 11) is 3.16. The highest BCUT2D eigenvalue weighted by atomic mass is 16.6. The van der Waals surface area contributed by atoms with Crippen molar-refractivity contribution in [1.29, 1.82) is 0 Å². The van der Waals surface area contributed by atoms with Crippen LogP contribution < -0.4 is 19.5 Å². The van der Waals surface area contributed by atoms with Gasteiger partial charge >= 0.3 is 0 Å². The average molecular weight is 372 g/mol. The number of hydrogen-bond acceptors (Lipinski definition) is 6. The summed E-state index contributed by atoms with van der Waals surface area (Å²) in [6.07, 6.45) is 1.51. The number of ether oxygens (including phenoxy) is 3. The Morgan fingerprint density at radius 1 is 1.07 bits per heavy atom. The summed E-state index contributed by atoms with van der Waals surface area (Å²) >= 11 is 0. The smallest absolute Gasteiger partial charge is 0.261 e. The molecular formula is C20H24N2O5. The fraction of sp³-hybridized carbons (Fsp3) is 0.300. The summed E-state index contributed by atoms with van der Waals surface area (Å²) < 4.78 is 16.0. The second-order valence-electron chi connectivity index (χ2n) is 5.44. The molecule has 7 heteroatoms. The van der Waals surface area contributed by atoms with Crippen LogP contribution in [0.5, 0.6) is 17.2 Å². The van der Waals surface area contributed by atoms with Crippen LogP contribution in [0.3, 0.4) is 0 Å². The molecule has 0 heterocycles. The lowest BCUT2D eigenvalue weighted by atomic mass is 10.2. The largest absolute Gasteiger partial charge is 0.496 e. The molecule has 7 nitrogen and oxygen atoms in total. The lowest BCUT2D eigenvalue weighted by Gasteiger charge is -2.09. The number of rotatable bonds is 10. The second-order valence-corrected chi connectivity index (χ2v) is 5.44. The fourth-order valence-electron chi connectivity index (χ4n) is 2.33. The number of para-hydroxylation sites is 1. The maximum absolute atomic E-state index is 11.9. The number of oxime groups is 1. The SMILES string of the molecule is CCOc1ccc(/C=N/OCC(=O)NCc2ccccc2OC)cc1OC. The molecule has 0 aliphatic heterocycles. The average Bonchev–Trinajstić information content (AvgIpc) is 2.70. The van der Waals surface area contributed by atoms with E-state index in [-0.39, 0.29) is 12.5 Å². The molecular weight excluding hydrogens is 348 g/mol. The zero-order chi connectivity index (χ0) is 19.5. The van der Waals surface area contributed by atoms with Gasteiger partial charge in [0.1, 0.15) is 5.75 Å². The summed E-state index contributed by atoms with van der Waals surface area (Å²) in [5.41, 5.74) is 1.66. The minimum Gasteiger partial charge on any atom is -0.496 e. The van der Waals surface area contributed by atoms with Gasteiger partial charge in [-0.05, 0) is 31.2 Å². The Bertz CT molecular complexity index is 777. The van der Waals surface area contributed by atoms with Crippen molar-refractivity contribution >= 4 is 12.1 Å². The molecule has 0 aliphatic rings. The maximum atomic E-state index is 11.9. The van der Waals surface area contributed by atoms with E-state index in [9.17, 15) is 4.79 Å². The predicted octanol–water partition coefficient (Wildman–Crippen LogP) is 2.77. The van der Waals surface area contributed by atoms with Gasteiger partial charge in [-0.3, -0.25) is 4.79 Å². The van der Waals surface area contributed by atoms with Gasteiger partial charge in [0, 0.05) is 17.7 Å². The highest BCUT2D eigenvalue weighted by Crippen LogP contribution is 2.27. The Labute approximate surface area is 158 Å². The first-order valence-electron chi connectivity index (χ1n) is 8.52. The molecule has 0 aromatic heterocycles. The van der Waals surface area contributed by atoms with Gasteiger partial charge < -0.3 is 24.4 Å². The highest BCUT2D eigenvalue weighted by molar-refractivity contribution is 5.81. The van der Waals surface area contributed by atoms with Crippen molar-refractivity contribution in [2.24, 2.45) is 5.16 Å². The van der Waals surface area contributed by atoms with Crippen LogP contribution >= 0.6 is 0 Å². The van der Waals surface area contributed by atoms with Gasteiger partial charge in [0.05, 0.1) is 27.0 Å². The minimum atomic E-state index is -0.276. The molecule has 0 aliphatic carbocycles. The van der Waals surface area contributed by atoms with Crippen LogP contribution in [0, 0.1) is 0 Å². The Kier molecular flexibility index (Phi) is 7.96. The van der Waals surface area contributed by atoms with Crippen LogP contribution in [0.1, 0.15) is 18.1 Å². The lowest BCUT2D eigenvalue weighted by molar-refractivity contribution is -0.125. The molecule has 1 amide bonds. The molecule has 1 N–H and O–H groups in total. The van der Waals surface area contributed by atoms with Gasteiger partial charge in [0.15, 0.2) is 18.1 Å². The van der Waals surface area contributed by atoms with E-state index in [0.717, 1.165) is 16.9 Å². The third kappa shape index (κ3) is 6.22. The molecule has 0 atom stereocenters. The second kappa shape index (κ2) is 10.7. The molecule has 144 valence electrons. The number of carbonyl (C=O) groups excluding carboxylic acids is 1. The molecule has 27 heavy (non-hydrogen) atoms. The Hall–Kier alpha value is -3.22. The molecule has 0 radical (unpaired) electrons. The number of amides is 1. The first-order chi connectivity index (χ1) is 13.2. The van der Waals surface area contributed by atoms with Crippen LogP contribution in [-0.4, -0.2) is 39.6 Å². The quantitative estimate of drug-likeness (QED) is 0.512. The summed E-state index contributed by atoms with van der Waals surface area (Å²) in [4.78, 5) is 16.9. The Morgan fingerprint density at radius 2 is 1.85 bits per heavy atom. The summed E-state index contributed by atoms with van der Waals surface area (Å²) in [6.45, 7) is 2.63. The number of benzene rings is 2. The number of nitrogens with one attached hydrogen (secondary N) is 1. The van der Waals surface area contributed by atoms with E-state index < -0.39 is 0 Å². The van der Waals surface area contributed by atoms with Crippen molar-refractivity contribution in [3.8, 4) is 17.2 Å². The van der Waals surface area contributed by atoms with Crippen molar-refractivity contribution < 1.29 is 23.8 Å². The molecule has 0 saturated heterocycles. The molecule has 0 fully saturated rings. The Morgan fingerprint density at radius 3 is 2.59 bits per heavy atom. The zero-order valence-corrected chi connectivity index (χ0v) is 15.7. The van der Waals surface area contributed by atoms with Gasteiger partial charge in [-0.25, -0.2) is 0 Å². The van der Waals surface area contributed by atoms with Crippen LogP contribution in [0.25, 0.3) is 0 Å². The first-order valence-corrected chi connectivity index (χ1v) is 8.52. The molecule has 2 aromatic carbocycles. The van der Waals surface area contributed by atoms with Crippen LogP contribution in [0.15, 0.2) is 47.6 Å². The molecule has 2 aromatic rings. The van der Waals surface area contributed by atoms with E-state index in [1.165, 1.54) is 6.21 Å². The van der Waals surface area contributed by atoms with Crippen LogP contribution in [0.2, 0.25) is 0 Å². The van der Waals surface area contributed by atoms with Gasteiger partial charge in [-0.1, -0.05) is 23.4 Å². The minimum absolute atomic E-state index is 0.181. The normalized spacial score (nSPS) is 10.5. The van der Waals surface area contributed by atoms with Gasteiger partial charge in [0.2, 0.25) is 0 Å². The van der Waals surface area contributed by atoms with E-state index in [2.05, 4.69) is 10.5 Å². The van der Waals surface area contributed by atoms with Crippen molar-refractivity contribution in [2.45, 2.75) is 13.5 Å². The molecule has 0 unspecified atom stereocenters. The third-order valence-electron chi connectivity index (χ3n) is 3.63. The lowest BCUT2D eigenvalue weighted by Crippen LogP contribution is -2.26. The number of carbonyl (C=O) groups is 1. The Balaban J connectivity index is 1.80. The molecule has 0 saturated carbocycles. The number of hydrogen-bond donors (Lipinski definition) is 1. The predicted molar refractivity (Wildman–Crippen MR) is 103 cm³/mol. The molecule has 0 bridgehead atoms. The zero-order valence-electron chi connectivity index (χ0n) is 15.7. The fourth-order valence-corrected chi connectivity index (χ4v) is 2.33. The summed E-state index contributed by atoms with van der Waals surface area (Å²) in [5, 5.41) is 6.57. The van der Waals surface area contributed by atoms with Crippen molar-refractivity contribution in [3.63, 3.8) is 0 Å². The summed E-state index contributed by atoms with van der Waals surface area (Å²) in [6, 6.07) is 12.9. The summed E-state index contributed by atoms with van der Waals surface area (Å²) in [5.74, 6) is 1.72. The standard InChI is InChI=1S/C20H24N2O5/c1-4-26-18-10-9-15(11-19(18)25-3)12-22-27-14-20(23)21-13-16-7-5-6-8-17(16)24-2/h5-12H,4,13-14H2,1-3H3,(H,21,23)/b22-12+. The first kappa shape index (κ1) is 20.1. The van der Waals surface area contributed by atoms with Crippen LogP contribution in [0.4, 0.5) is 0 Å². The van der Waals surface area contributed by atoms with Crippen molar-refractivity contribution in [2.75, 3.05) is 27.4 Å². The molecule has 2 rings (SSSR count). The van der Waals surface area contributed by atoms with E-state index in [0.29, 0.717) is 24.7 Å². The van der Waals surface area contributed by atoms with E-state index in [4.69, 9.17) is 19.0 Å². The third-order valence-corrected chi connectivity index (χ3v) is 3.63. The van der Waals surface area contributed by atoms with Gasteiger partial charge in [0.25, 0.3) is 5.91 Å². The van der Waals surface area contributed by atoms with Crippen molar-refractivity contribution in [1.82, 2.24) is 5.32 Å². The number of methoxy groups -OCH3 is 2. The number of nitrogens with zero attached hydrogens (tertiary/aromatic N) is 1. The maximum Gasteiger partial charge on any atom is 0.261 e. The van der Waals surface area contributed by atoms with E-state index in [1.54, 1.807) is 26.4 Å². The van der Waals surface area contributed by atoms with Gasteiger partial charge in [-0.2, -0.15) is 0 Å². The van der Waals surface area contributed by atoms with Crippen molar-refractivity contribution in [3.05, 3.63) is 53.6 Å². The molecule has 0 spiro atoms. The topological polar surface area (TPSA) is 78.4 Å². The monoisotopic (exact) mass is 372 g/mol. The van der Waals surface area contributed by atoms with E-state index in [1.807, 2.05) is 37.3 Å². The van der Waals surface area contributed by atoms with Gasteiger partial charge in [-0.15, -0.1) is 0 Å². The van der Waals surface area contributed by atoms with E-state index >= 15 is 0 Å². The highest BCUT2D eigenvalue weighted by Gasteiger charge is 2.06. The van der Waals surface area contributed by atoms with Crippen LogP contribution in [-0.2, 0) is 16.2 Å².